The first kappa shape index (κ1) is 38.4. The van der Waals surface area contributed by atoms with Crippen LogP contribution in [0.15, 0.2) is 91.0 Å². The van der Waals surface area contributed by atoms with Crippen LogP contribution in [0.2, 0.25) is 23.7 Å². The Bertz CT molecular complexity index is 2160. The molecule has 292 valence electrons. The first-order chi connectivity index (χ1) is 27.0. The van der Waals surface area contributed by atoms with Gasteiger partial charge in [0.25, 0.3) is 5.91 Å². The van der Waals surface area contributed by atoms with Crippen LogP contribution in [0.3, 0.4) is 0 Å². The lowest BCUT2D eigenvalue weighted by atomic mass is 9.82. The number of aliphatic hydroxyl groups is 1. The number of amides is 3. The summed E-state index contributed by atoms with van der Waals surface area (Å²) >= 11 is 6.74. The first-order valence-corrected chi connectivity index (χ1v) is 23.2. The molecule has 0 bridgehead atoms. The van der Waals surface area contributed by atoms with Gasteiger partial charge in [0.15, 0.2) is 5.60 Å². The summed E-state index contributed by atoms with van der Waals surface area (Å²) in [5, 5.41) is 12.2. The number of nitrogens with zero attached hydrogens (tertiary/aromatic N) is 3. The zero-order valence-electron chi connectivity index (χ0n) is 32.5. The van der Waals surface area contributed by atoms with Crippen LogP contribution in [0.25, 0.3) is 0 Å². The normalized spacial score (nSPS) is 24.8. The van der Waals surface area contributed by atoms with E-state index < -0.39 is 19.8 Å². The predicted octanol–water partition coefficient (Wildman–Crippen LogP) is 6.96. The molecule has 1 spiro atoms. The Hall–Kier alpha value is -4.48. The Kier molecular flexibility index (Phi) is 10.4. The summed E-state index contributed by atoms with van der Waals surface area (Å²) in [6, 6.07) is 29.4. The SMILES string of the molecule is COc1ccc([Si](C)(C)[C@H]2[C@H](CC(=O)N3Cc4ccccc4C[C@H]3CO)O[C@@]3(C(=O)N(Cc4cccc(N5CCCCC5=O)c4)c4ccc(Cl)cc43)[C@@H]2C)cc1. The molecular formula is C45H50ClN3O6Si. The number of fused-ring (bicyclic) bond motifs is 3. The summed E-state index contributed by atoms with van der Waals surface area (Å²) in [4.78, 5) is 48.3. The maximum absolute atomic E-state index is 15.4. The smallest absolute Gasteiger partial charge is 0.264 e. The molecule has 8 rings (SSSR count). The molecule has 0 radical (unpaired) electrons. The van der Waals surface area contributed by atoms with E-state index in [1.165, 1.54) is 5.19 Å². The molecule has 5 atom stereocenters. The van der Waals surface area contributed by atoms with Crippen molar-refractivity contribution in [1.82, 2.24) is 4.90 Å². The number of ether oxygens (including phenoxy) is 2. The number of benzene rings is 4. The fourth-order valence-corrected chi connectivity index (χ4v) is 14.2. The van der Waals surface area contributed by atoms with E-state index in [4.69, 9.17) is 21.1 Å². The van der Waals surface area contributed by atoms with E-state index in [0.29, 0.717) is 36.5 Å². The highest BCUT2D eigenvalue weighted by Gasteiger charge is 2.66. The molecule has 0 unspecified atom stereocenters. The van der Waals surface area contributed by atoms with Gasteiger partial charge in [0, 0.05) is 41.7 Å². The van der Waals surface area contributed by atoms with Crippen molar-refractivity contribution >= 4 is 54.0 Å². The van der Waals surface area contributed by atoms with Gasteiger partial charge in [0.1, 0.15) is 5.75 Å². The number of carbonyl (C=O) groups is 3. The second-order valence-electron chi connectivity index (χ2n) is 16.4. The quantitative estimate of drug-likeness (QED) is 0.184. The molecule has 11 heteroatoms. The lowest BCUT2D eigenvalue weighted by Gasteiger charge is -2.39. The van der Waals surface area contributed by atoms with E-state index in [9.17, 15) is 14.7 Å². The van der Waals surface area contributed by atoms with Crippen LogP contribution in [-0.2, 0) is 44.2 Å². The van der Waals surface area contributed by atoms with Crippen LogP contribution in [0.4, 0.5) is 11.4 Å². The molecule has 2 fully saturated rings. The van der Waals surface area contributed by atoms with Crippen molar-refractivity contribution in [2.45, 2.75) is 88.5 Å². The highest BCUT2D eigenvalue weighted by atomic mass is 35.5. The topological polar surface area (TPSA) is 99.6 Å². The summed E-state index contributed by atoms with van der Waals surface area (Å²) < 4.78 is 12.8. The highest BCUT2D eigenvalue weighted by molar-refractivity contribution is 6.91. The maximum atomic E-state index is 15.4. The van der Waals surface area contributed by atoms with Crippen LogP contribution < -0.4 is 19.7 Å². The number of hydrogen-bond acceptors (Lipinski definition) is 6. The Labute approximate surface area is 335 Å². The van der Waals surface area contributed by atoms with Crippen LogP contribution >= 0.6 is 11.6 Å². The first-order valence-electron chi connectivity index (χ1n) is 19.8. The third kappa shape index (κ3) is 6.54. The third-order valence-electron chi connectivity index (χ3n) is 12.9. The van der Waals surface area contributed by atoms with E-state index in [0.717, 1.165) is 46.7 Å². The number of anilines is 2. The fourth-order valence-electron chi connectivity index (χ4n) is 10.1. The second-order valence-corrected chi connectivity index (χ2v) is 21.5. The van der Waals surface area contributed by atoms with Gasteiger partial charge in [-0.25, -0.2) is 0 Å². The average Bonchev–Trinajstić information content (AvgIpc) is 3.63. The Balaban J connectivity index is 1.18. The van der Waals surface area contributed by atoms with E-state index >= 15 is 4.79 Å². The molecule has 56 heavy (non-hydrogen) atoms. The lowest BCUT2D eigenvalue weighted by Crippen LogP contribution is -2.52. The number of methoxy groups -OCH3 is 1. The summed E-state index contributed by atoms with van der Waals surface area (Å²) in [7, 11) is -0.886. The van der Waals surface area contributed by atoms with E-state index in [1.54, 1.807) is 23.0 Å². The molecule has 4 aromatic rings. The minimum absolute atomic E-state index is 0.0666. The zero-order valence-corrected chi connectivity index (χ0v) is 34.3. The van der Waals surface area contributed by atoms with Gasteiger partial charge >= 0.3 is 0 Å². The van der Waals surface area contributed by atoms with Crippen molar-refractivity contribution < 1.29 is 29.0 Å². The number of aliphatic hydroxyl groups excluding tert-OH is 1. The third-order valence-corrected chi connectivity index (χ3v) is 17.5. The second kappa shape index (κ2) is 15.1. The molecule has 0 aromatic heterocycles. The van der Waals surface area contributed by atoms with Gasteiger partial charge in [-0.1, -0.05) is 85.3 Å². The Morgan fingerprint density at radius 2 is 1.75 bits per heavy atom. The molecule has 2 saturated heterocycles. The molecule has 4 aliphatic rings. The largest absolute Gasteiger partial charge is 0.497 e. The number of halogens is 1. The van der Waals surface area contributed by atoms with E-state index in [1.807, 2.05) is 71.6 Å². The molecule has 4 heterocycles. The van der Waals surface area contributed by atoms with Crippen LogP contribution in [0.1, 0.15) is 54.9 Å². The lowest BCUT2D eigenvalue weighted by molar-refractivity contribution is -0.151. The minimum atomic E-state index is -2.54. The fraction of sp³-hybridized carbons (Fsp3) is 0.400. The Morgan fingerprint density at radius 1 is 0.982 bits per heavy atom. The van der Waals surface area contributed by atoms with Crippen molar-refractivity contribution in [3.05, 3.63) is 118 Å². The molecule has 9 nitrogen and oxygen atoms in total. The van der Waals surface area contributed by atoms with Crippen molar-refractivity contribution in [1.29, 1.82) is 0 Å². The Morgan fingerprint density at radius 3 is 2.48 bits per heavy atom. The summed E-state index contributed by atoms with van der Waals surface area (Å²) in [5.41, 5.74) is 3.84. The van der Waals surface area contributed by atoms with Crippen molar-refractivity contribution in [2.75, 3.05) is 30.1 Å². The van der Waals surface area contributed by atoms with Crippen LogP contribution in [0.5, 0.6) is 5.75 Å². The van der Waals surface area contributed by atoms with Crippen LogP contribution in [-0.4, -0.2) is 68.2 Å². The monoisotopic (exact) mass is 791 g/mol. The number of rotatable bonds is 9. The molecule has 1 N–H and O–H groups in total. The molecule has 4 aliphatic heterocycles. The van der Waals surface area contributed by atoms with Gasteiger partial charge in [0.05, 0.1) is 52.6 Å². The summed E-state index contributed by atoms with van der Waals surface area (Å²) in [6.45, 7) is 7.92. The van der Waals surface area contributed by atoms with Gasteiger partial charge in [-0.2, -0.15) is 0 Å². The predicted molar refractivity (Wildman–Crippen MR) is 221 cm³/mol. The van der Waals surface area contributed by atoms with Gasteiger partial charge in [-0.3, -0.25) is 14.4 Å². The number of carbonyl (C=O) groups excluding carboxylic acids is 3. The molecule has 0 aliphatic carbocycles. The van der Waals surface area contributed by atoms with Crippen molar-refractivity contribution in [3.8, 4) is 5.75 Å². The number of hydrogen-bond donors (Lipinski definition) is 1. The van der Waals surface area contributed by atoms with Gasteiger partial charge in [-0.05, 0) is 84.0 Å². The summed E-state index contributed by atoms with van der Waals surface area (Å²) in [5.74, 6) is 0.270. The molecular weight excluding hydrogens is 742 g/mol. The average molecular weight is 792 g/mol. The number of piperidine rings is 1. The van der Waals surface area contributed by atoms with Crippen molar-refractivity contribution in [3.63, 3.8) is 0 Å². The molecule has 4 aromatic carbocycles. The standard InChI is InChI=1S/C45H50ClN3O6Si/c1-29-43(56(3,4)37-18-16-36(54-2)17-19-37)40(25-42(52)48-27-32-12-6-5-11-31(32)23-35(48)28-50)55-45(29)38-24-33(46)15-20-39(38)49(44(45)53)26-30-10-9-13-34(22-30)47-21-8-7-14-41(47)51/h5-6,9-13,15-20,22,24,29,35,40,43,50H,7-8,14,21,23,25-28H2,1-4H3/t29-,35+,40+,43-,45+/m1/s1. The van der Waals surface area contributed by atoms with Crippen LogP contribution in [0, 0.1) is 5.92 Å². The van der Waals surface area contributed by atoms with E-state index in [2.05, 4.69) is 38.2 Å². The van der Waals surface area contributed by atoms with Crippen molar-refractivity contribution in [2.24, 2.45) is 5.92 Å². The zero-order chi connectivity index (χ0) is 39.4. The minimum Gasteiger partial charge on any atom is -0.497 e. The maximum Gasteiger partial charge on any atom is 0.264 e. The summed E-state index contributed by atoms with van der Waals surface area (Å²) in [6.07, 6.45) is 2.44. The molecule has 0 saturated carbocycles. The van der Waals surface area contributed by atoms with Gasteiger partial charge in [-0.15, -0.1) is 0 Å². The molecule has 3 amide bonds. The van der Waals surface area contributed by atoms with Gasteiger partial charge in [0.2, 0.25) is 11.8 Å². The van der Waals surface area contributed by atoms with Gasteiger partial charge < -0.3 is 29.3 Å². The highest BCUT2D eigenvalue weighted by Crippen LogP contribution is 2.60. The van der Waals surface area contributed by atoms with E-state index in [-0.39, 0.29) is 54.8 Å².